The lowest BCUT2D eigenvalue weighted by molar-refractivity contribution is -0.137. The minimum absolute atomic E-state index is 0.150. The Balaban J connectivity index is 1.24. The first-order chi connectivity index (χ1) is 22.6. The van der Waals surface area contributed by atoms with Crippen molar-refractivity contribution in [3.05, 3.63) is 167 Å². The summed E-state index contributed by atoms with van der Waals surface area (Å²) in [5.41, 5.74) is 3.22. The number of hydrogen-bond donors (Lipinski definition) is 2. The maximum absolute atomic E-state index is 13.5. The molecule has 0 unspecified atom stereocenters. The second kappa shape index (κ2) is 14.6. The van der Waals surface area contributed by atoms with Crippen molar-refractivity contribution in [3.8, 4) is 11.1 Å². The lowest BCUT2D eigenvalue weighted by Crippen LogP contribution is -2.41. The van der Waals surface area contributed by atoms with Crippen LogP contribution in [0, 0.1) is 0 Å². The van der Waals surface area contributed by atoms with Gasteiger partial charge in [0.25, 0.3) is 11.8 Å². The van der Waals surface area contributed by atoms with Gasteiger partial charge in [-0.3, -0.25) is 14.4 Å². The molecule has 5 aromatic rings. The van der Waals surface area contributed by atoms with Gasteiger partial charge in [-0.1, -0.05) is 103 Å². The number of benzene rings is 5. The Labute approximate surface area is 270 Å². The van der Waals surface area contributed by atoms with Crippen molar-refractivity contribution in [1.29, 1.82) is 0 Å². The molecule has 5 rings (SSSR count). The average molecular weight is 636 g/mol. The highest BCUT2D eigenvalue weighted by Crippen LogP contribution is 2.32. The molecule has 3 amide bonds. The summed E-state index contributed by atoms with van der Waals surface area (Å²) in [5.74, 6) is -1.09. The number of amides is 3. The van der Waals surface area contributed by atoms with Crippen molar-refractivity contribution in [1.82, 2.24) is 15.5 Å². The minimum Gasteiger partial charge on any atom is -0.348 e. The van der Waals surface area contributed by atoms with Gasteiger partial charge in [-0.25, -0.2) is 0 Å². The number of hydrogen-bond acceptors (Lipinski definition) is 3. The molecule has 0 aliphatic heterocycles. The van der Waals surface area contributed by atoms with Crippen LogP contribution in [0.1, 0.15) is 49.0 Å². The summed E-state index contributed by atoms with van der Waals surface area (Å²) < 4.78 is 39.0. The van der Waals surface area contributed by atoms with Crippen molar-refractivity contribution in [2.45, 2.75) is 25.3 Å². The van der Waals surface area contributed by atoms with Crippen LogP contribution in [0.4, 0.5) is 13.2 Å². The number of nitrogens with zero attached hydrogens (tertiary/aromatic N) is 1. The molecule has 0 aliphatic rings. The lowest BCUT2D eigenvalue weighted by Gasteiger charge is -2.25. The van der Waals surface area contributed by atoms with Crippen LogP contribution < -0.4 is 10.6 Å². The van der Waals surface area contributed by atoms with Crippen molar-refractivity contribution in [3.63, 3.8) is 0 Å². The molecule has 0 radical (unpaired) electrons. The highest BCUT2D eigenvalue weighted by atomic mass is 19.4. The van der Waals surface area contributed by atoms with Crippen LogP contribution >= 0.6 is 0 Å². The fourth-order valence-corrected chi connectivity index (χ4v) is 5.13. The van der Waals surface area contributed by atoms with E-state index < -0.39 is 29.6 Å². The summed E-state index contributed by atoms with van der Waals surface area (Å²) in [4.78, 5) is 41.5. The Kier molecular flexibility index (Phi) is 10.2. The molecule has 0 fully saturated rings. The second-order valence-electron chi connectivity index (χ2n) is 11.0. The van der Waals surface area contributed by atoms with Crippen molar-refractivity contribution >= 4 is 17.7 Å². The molecule has 6 nitrogen and oxygen atoms in total. The number of nitrogens with one attached hydrogen (secondary N) is 2. The second-order valence-corrected chi connectivity index (χ2v) is 11.0. The molecule has 47 heavy (non-hydrogen) atoms. The van der Waals surface area contributed by atoms with Crippen molar-refractivity contribution in [2.75, 3.05) is 7.05 Å². The Hall–Kier alpha value is -5.70. The first-order valence-corrected chi connectivity index (χ1v) is 14.9. The monoisotopic (exact) mass is 635 g/mol. The largest absolute Gasteiger partial charge is 0.416 e. The summed E-state index contributed by atoms with van der Waals surface area (Å²) in [7, 11) is 1.70. The summed E-state index contributed by atoms with van der Waals surface area (Å²) in [6, 6.07) is 35.7. The summed E-state index contributed by atoms with van der Waals surface area (Å²) >= 11 is 0. The van der Waals surface area contributed by atoms with Gasteiger partial charge in [0.2, 0.25) is 5.91 Å². The molecule has 9 heteroatoms. The van der Waals surface area contributed by atoms with E-state index >= 15 is 0 Å². The smallest absolute Gasteiger partial charge is 0.348 e. The van der Waals surface area contributed by atoms with Gasteiger partial charge in [-0.15, -0.1) is 0 Å². The molecule has 5 aromatic carbocycles. The molecule has 238 valence electrons. The Bertz CT molecular complexity index is 1830. The number of carbonyl (C=O) groups is 3. The molecule has 1 atom stereocenters. The molecule has 0 aliphatic carbocycles. The average Bonchev–Trinajstić information content (AvgIpc) is 3.10. The highest BCUT2D eigenvalue weighted by molar-refractivity contribution is 6.01. The molecular weight excluding hydrogens is 603 g/mol. The van der Waals surface area contributed by atoms with E-state index in [1.165, 1.54) is 12.1 Å². The van der Waals surface area contributed by atoms with Crippen LogP contribution in [-0.4, -0.2) is 29.7 Å². The van der Waals surface area contributed by atoms with E-state index in [1.807, 2.05) is 48.5 Å². The van der Waals surface area contributed by atoms with E-state index in [4.69, 9.17) is 0 Å². The van der Waals surface area contributed by atoms with E-state index in [2.05, 4.69) is 10.6 Å². The number of likely N-dealkylation sites (N-methyl/N-ethyl adjacent to an activating group) is 1. The van der Waals surface area contributed by atoms with E-state index in [9.17, 15) is 27.6 Å². The van der Waals surface area contributed by atoms with Gasteiger partial charge in [0.15, 0.2) is 0 Å². The molecule has 2 N–H and O–H groups in total. The first kappa shape index (κ1) is 32.7. The van der Waals surface area contributed by atoms with Crippen LogP contribution in [0.2, 0.25) is 0 Å². The van der Waals surface area contributed by atoms with Gasteiger partial charge in [-0.2, -0.15) is 13.2 Å². The van der Waals surface area contributed by atoms with Crippen LogP contribution in [-0.2, 0) is 24.1 Å². The van der Waals surface area contributed by atoms with Crippen LogP contribution in [0.3, 0.4) is 0 Å². The summed E-state index contributed by atoms with van der Waals surface area (Å²) in [6.07, 6.45) is -4.45. The molecule has 0 bridgehead atoms. The Morgan fingerprint density at radius 3 is 1.91 bits per heavy atom. The molecule has 0 heterocycles. The van der Waals surface area contributed by atoms with E-state index in [-0.39, 0.29) is 12.5 Å². The van der Waals surface area contributed by atoms with Gasteiger partial charge < -0.3 is 15.5 Å². The summed E-state index contributed by atoms with van der Waals surface area (Å²) in [5, 5.41) is 5.72. The summed E-state index contributed by atoms with van der Waals surface area (Å²) in [6.45, 7) is 0.533. The van der Waals surface area contributed by atoms with Gasteiger partial charge in [0.05, 0.1) is 5.56 Å². The zero-order valence-electron chi connectivity index (χ0n) is 25.5. The van der Waals surface area contributed by atoms with Crippen molar-refractivity contribution < 1.29 is 27.6 Å². The number of alkyl halides is 3. The quantitative estimate of drug-likeness (QED) is 0.168. The molecule has 0 saturated heterocycles. The highest BCUT2D eigenvalue weighted by Gasteiger charge is 2.30. The molecule has 0 spiro atoms. The minimum atomic E-state index is -4.45. The fraction of sp³-hybridized carbons (Fsp3) is 0.132. The lowest BCUT2D eigenvalue weighted by atomic mass is 9.98. The molecule has 0 saturated carbocycles. The SMILES string of the molecule is CN(Cc1ccccc1)C(=O)[C@@H](NC(=O)c1ccc(CNC(=O)c2ccccc2-c2ccc(C(F)(F)F)cc2)cc1)c1ccccc1. The van der Waals surface area contributed by atoms with Crippen LogP contribution in [0.25, 0.3) is 11.1 Å². The van der Waals surface area contributed by atoms with Crippen LogP contribution in [0.5, 0.6) is 0 Å². The van der Waals surface area contributed by atoms with Gasteiger partial charge >= 0.3 is 6.18 Å². The third-order valence-electron chi connectivity index (χ3n) is 7.66. The molecule has 0 aromatic heterocycles. The van der Waals surface area contributed by atoms with Crippen molar-refractivity contribution in [2.24, 2.45) is 0 Å². The van der Waals surface area contributed by atoms with E-state index in [0.29, 0.717) is 34.4 Å². The maximum Gasteiger partial charge on any atom is 0.416 e. The van der Waals surface area contributed by atoms with Gasteiger partial charge in [-0.05, 0) is 58.1 Å². The number of carbonyl (C=O) groups excluding carboxylic acids is 3. The van der Waals surface area contributed by atoms with Gasteiger partial charge in [0.1, 0.15) is 6.04 Å². The van der Waals surface area contributed by atoms with E-state index in [0.717, 1.165) is 23.3 Å². The topological polar surface area (TPSA) is 78.5 Å². The Morgan fingerprint density at radius 1 is 0.681 bits per heavy atom. The maximum atomic E-state index is 13.5. The Morgan fingerprint density at radius 2 is 1.28 bits per heavy atom. The zero-order chi connectivity index (χ0) is 33.4. The zero-order valence-corrected chi connectivity index (χ0v) is 25.5. The van der Waals surface area contributed by atoms with Crippen LogP contribution in [0.15, 0.2) is 133 Å². The van der Waals surface area contributed by atoms with E-state index in [1.54, 1.807) is 72.6 Å². The predicted octanol–water partition coefficient (Wildman–Crippen LogP) is 7.43. The normalized spacial score (nSPS) is 11.7. The predicted molar refractivity (Wildman–Crippen MR) is 174 cm³/mol. The fourth-order valence-electron chi connectivity index (χ4n) is 5.13. The standard InChI is InChI=1S/C38H32F3N3O3/c1-44(25-27-10-4-2-5-11-27)37(47)34(29-12-6-3-7-13-29)43-35(45)30-18-16-26(17-19-30)24-42-36(46)33-15-9-8-14-32(33)28-20-22-31(23-21-28)38(39,40)41/h2-23,34H,24-25H2,1H3,(H,42,46)(H,43,45)/t34-/m0/s1. The molecular formula is C38H32F3N3O3. The first-order valence-electron chi connectivity index (χ1n) is 14.9. The third-order valence-corrected chi connectivity index (χ3v) is 7.66. The third kappa shape index (κ3) is 8.32. The number of halogens is 3. The van der Waals surface area contributed by atoms with Gasteiger partial charge in [0, 0.05) is 31.3 Å². The number of rotatable bonds is 10.